The first-order valence-electron chi connectivity index (χ1n) is 7.62. The third-order valence-electron chi connectivity index (χ3n) is 4.28. The zero-order valence-corrected chi connectivity index (χ0v) is 13.1. The van der Waals surface area contributed by atoms with Crippen molar-refractivity contribution < 1.29 is 28.8 Å². The Morgan fingerprint density at radius 1 is 1.12 bits per heavy atom. The van der Waals surface area contributed by atoms with Gasteiger partial charge in [-0.15, -0.1) is 0 Å². The second-order valence-corrected chi connectivity index (χ2v) is 5.78. The van der Waals surface area contributed by atoms with Gasteiger partial charge in [0.05, 0.1) is 25.2 Å². The molecule has 2 heterocycles. The molecule has 0 amide bonds. The van der Waals surface area contributed by atoms with Crippen LogP contribution in [-0.4, -0.2) is 31.4 Å². The van der Waals surface area contributed by atoms with Crippen LogP contribution in [0.4, 0.5) is 0 Å². The van der Waals surface area contributed by atoms with Crippen molar-refractivity contribution in [1.29, 1.82) is 0 Å². The zero-order valence-electron chi connectivity index (χ0n) is 13.1. The Kier molecular flexibility index (Phi) is 3.45. The number of carbonyl (C=O) groups excluding carboxylic acids is 1. The van der Waals surface area contributed by atoms with Crippen LogP contribution in [0, 0.1) is 5.92 Å². The maximum absolute atomic E-state index is 12.8. The lowest BCUT2D eigenvalue weighted by Gasteiger charge is -2.25. The molecule has 0 spiro atoms. The number of benzene rings is 2. The molecule has 1 N–H and O–H groups in total. The van der Waals surface area contributed by atoms with Crippen LogP contribution in [0.15, 0.2) is 30.3 Å². The summed E-state index contributed by atoms with van der Waals surface area (Å²) in [5.74, 6) is 1.70. The van der Waals surface area contributed by atoms with Gasteiger partial charge < -0.3 is 24.1 Å². The van der Waals surface area contributed by atoms with Gasteiger partial charge in [-0.05, 0) is 30.2 Å². The minimum atomic E-state index is -0.299. The van der Waals surface area contributed by atoms with Crippen LogP contribution < -0.4 is 18.9 Å². The second kappa shape index (κ2) is 5.63. The first-order valence-corrected chi connectivity index (χ1v) is 7.62. The zero-order chi connectivity index (χ0) is 16.7. The fraction of sp³-hybridized carbons (Fsp3) is 0.278. The minimum absolute atomic E-state index is 0.0211. The normalized spacial score (nSPS) is 18.0. The summed E-state index contributed by atoms with van der Waals surface area (Å²) >= 11 is 0. The van der Waals surface area contributed by atoms with Crippen LogP contribution in [-0.2, 0) is 6.42 Å². The lowest BCUT2D eigenvalue weighted by Crippen LogP contribution is -2.29. The number of aromatic hydroxyl groups is 1. The Morgan fingerprint density at radius 3 is 2.79 bits per heavy atom. The van der Waals surface area contributed by atoms with Crippen molar-refractivity contribution in [3.8, 4) is 28.7 Å². The van der Waals surface area contributed by atoms with Crippen LogP contribution in [0.1, 0.15) is 15.9 Å². The molecule has 6 nitrogen and oxygen atoms in total. The summed E-state index contributed by atoms with van der Waals surface area (Å²) in [5, 5.41) is 9.80. The molecule has 0 bridgehead atoms. The first-order chi connectivity index (χ1) is 11.7. The topological polar surface area (TPSA) is 74.2 Å². The van der Waals surface area contributed by atoms with Crippen LogP contribution in [0.5, 0.6) is 28.7 Å². The number of ether oxygens (including phenoxy) is 4. The van der Waals surface area contributed by atoms with Gasteiger partial charge >= 0.3 is 0 Å². The maximum atomic E-state index is 12.8. The average Bonchev–Trinajstić information content (AvgIpc) is 3.05. The van der Waals surface area contributed by atoms with E-state index in [1.54, 1.807) is 0 Å². The predicted octanol–water partition coefficient (Wildman–Crippen LogP) is 2.56. The van der Waals surface area contributed by atoms with Gasteiger partial charge in [0.2, 0.25) is 6.79 Å². The summed E-state index contributed by atoms with van der Waals surface area (Å²) in [7, 11) is 1.44. The van der Waals surface area contributed by atoms with E-state index >= 15 is 0 Å². The van der Waals surface area contributed by atoms with Crippen molar-refractivity contribution in [2.24, 2.45) is 5.92 Å². The van der Waals surface area contributed by atoms with Crippen molar-refractivity contribution in [2.75, 3.05) is 20.5 Å². The molecule has 2 aromatic rings. The molecule has 0 saturated carbocycles. The lowest BCUT2D eigenvalue weighted by atomic mass is 9.89. The quantitative estimate of drug-likeness (QED) is 0.933. The molecule has 2 aliphatic rings. The number of phenolic OH excluding ortho intramolecular Hbond substituents is 1. The standard InChI is InChI=1S/C18H16O6/c1-21-16-6-12-15(7-13(16)19)22-8-11(18(12)20)4-10-2-3-14-17(5-10)24-9-23-14/h2-3,5-7,11,19H,4,8-9H2,1H3. The van der Waals surface area contributed by atoms with E-state index in [1.807, 2.05) is 18.2 Å². The summed E-state index contributed by atoms with van der Waals surface area (Å²) in [4.78, 5) is 12.8. The molecule has 0 aliphatic carbocycles. The molecule has 0 radical (unpaired) electrons. The molecule has 24 heavy (non-hydrogen) atoms. The van der Waals surface area contributed by atoms with E-state index in [2.05, 4.69) is 0 Å². The van der Waals surface area contributed by atoms with Crippen molar-refractivity contribution in [3.05, 3.63) is 41.5 Å². The molecule has 124 valence electrons. The highest BCUT2D eigenvalue weighted by Crippen LogP contribution is 2.38. The predicted molar refractivity (Wildman–Crippen MR) is 84.2 cm³/mol. The third kappa shape index (κ3) is 2.40. The highest BCUT2D eigenvalue weighted by atomic mass is 16.7. The summed E-state index contributed by atoms with van der Waals surface area (Å²) in [6, 6.07) is 8.61. The molecule has 1 atom stereocenters. The number of hydrogen-bond donors (Lipinski definition) is 1. The number of rotatable bonds is 3. The number of phenols is 1. The van der Waals surface area contributed by atoms with Gasteiger partial charge in [-0.2, -0.15) is 0 Å². The van der Waals surface area contributed by atoms with E-state index in [1.165, 1.54) is 19.2 Å². The number of hydrogen-bond acceptors (Lipinski definition) is 6. The first kappa shape index (κ1) is 14.7. The summed E-state index contributed by atoms with van der Waals surface area (Å²) < 4.78 is 21.4. The highest BCUT2D eigenvalue weighted by Gasteiger charge is 2.31. The smallest absolute Gasteiger partial charge is 0.231 e. The van der Waals surface area contributed by atoms with E-state index in [9.17, 15) is 9.90 Å². The van der Waals surface area contributed by atoms with Crippen molar-refractivity contribution >= 4 is 5.78 Å². The highest BCUT2D eigenvalue weighted by molar-refractivity contribution is 6.02. The SMILES string of the molecule is COc1cc2c(cc1O)OCC(Cc1ccc3c(c1)OCO3)C2=O. The number of ketones is 1. The lowest BCUT2D eigenvalue weighted by molar-refractivity contribution is 0.0829. The third-order valence-corrected chi connectivity index (χ3v) is 4.28. The second-order valence-electron chi connectivity index (χ2n) is 5.78. The van der Waals surface area contributed by atoms with Gasteiger partial charge in [0.25, 0.3) is 0 Å². The van der Waals surface area contributed by atoms with Crippen LogP contribution in [0.25, 0.3) is 0 Å². The van der Waals surface area contributed by atoms with Crippen LogP contribution in [0.2, 0.25) is 0 Å². The minimum Gasteiger partial charge on any atom is -0.504 e. The molecule has 0 fully saturated rings. The molecule has 0 aromatic heterocycles. The van der Waals surface area contributed by atoms with Gasteiger partial charge in [-0.1, -0.05) is 6.07 Å². The molecule has 0 saturated heterocycles. The molecule has 4 rings (SSSR count). The molecule has 6 heteroatoms. The van der Waals surface area contributed by atoms with E-state index in [-0.39, 0.29) is 36.6 Å². The number of methoxy groups -OCH3 is 1. The van der Waals surface area contributed by atoms with Crippen LogP contribution in [0.3, 0.4) is 0 Å². The average molecular weight is 328 g/mol. The fourth-order valence-corrected chi connectivity index (χ4v) is 3.01. The van der Waals surface area contributed by atoms with E-state index in [4.69, 9.17) is 18.9 Å². The molecule has 2 aliphatic heterocycles. The maximum Gasteiger partial charge on any atom is 0.231 e. The summed E-state index contributed by atoms with van der Waals surface area (Å²) in [6.07, 6.45) is 0.540. The van der Waals surface area contributed by atoms with Crippen molar-refractivity contribution in [2.45, 2.75) is 6.42 Å². The van der Waals surface area contributed by atoms with Gasteiger partial charge in [0.15, 0.2) is 28.8 Å². The Morgan fingerprint density at radius 2 is 1.96 bits per heavy atom. The van der Waals surface area contributed by atoms with Crippen LogP contribution >= 0.6 is 0 Å². The Balaban J connectivity index is 1.59. The Bertz CT molecular complexity index is 813. The Hall–Kier alpha value is -2.89. The van der Waals surface area contributed by atoms with Gasteiger partial charge in [0.1, 0.15) is 5.75 Å². The van der Waals surface area contributed by atoms with Crippen molar-refractivity contribution in [3.63, 3.8) is 0 Å². The van der Waals surface area contributed by atoms with E-state index in [0.29, 0.717) is 23.5 Å². The van der Waals surface area contributed by atoms with E-state index in [0.717, 1.165) is 11.3 Å². The summed E-state index contributed by atoms with van der Waals surface area (Å²) in [6.45, 7) is 0.493. The molecule has 2 aromatic carbocycles. The number of Topliss-reactive ketones (excluding diaryl/α,β-unsaturated/α-hetero) is 1. The molecular weight excluding hydrogens is 312 g/mol. The molecule has 1 unspecified atom stereocenters. The summed E-state index contributed by atoms with van der Waals surface area (Å²) in [5.41, 5.74) is 1.41. The molecular formula is C18H16O6. The number of carbonyl (C=O) groups is 1. The largest absolute Gasteiger partial charge is 0.504 e. The van der Waals surface area contributed by atoms with E-state index < -0.39 is 0 Å². The Labute approximate surface area is 138 Å². The monoisotopic (exact) mass is 328 g/mol. The van der Waals surface area contributed by atoms with Crippen molar-refractivity contribution in [1.82, 2.24) is 0 Å². The fourth-order valence-electron chi connectivity index (χ4n) is 3.01. The van der Waals surface area contributed by atoms with Gasteiger partial charge in [-0.25, -0.2) is 0 Å². The van der Waals surface area contributed by atoms with Gasteiger partial charge in [0, 0.05) is 6.07 Å². The van der Waals surface area contributed by atoms with Gasteiger partial charge in [-0.3, -0.25) is 4.79 Å². The number of fused-ring (bicyclic) bond motifs is 2.